The molecule has 2 N–H and O–H groups in total. The average molecular weight is 412 g/mol. The molecule has 28 heavy (non-hydrogen) atoms. The highest BCUT2D eigenvalue weighted by Gasteiger charge is 2.31. The van der Waals surface area contributed by atoms with Crippen LogP contribution in [0.4, 0.5) is 5.69 Å². The van der Waals surface area contributed by atoms with E-state index >= 15 is 0 Å². The highest BCUT2D eigenvalue weighted by atomic mass is 32.2. The van der Waals surface area contributed by atoms with Gasteiger partial charge in [-0.15, -0.1) is 0 Å². The van der Waals surface area contributed by atoms with E-state index in [0.29, 0.717) is 28.6 Å². The van der Waals surface area contributed by atoms with Gasteiger partial charge in [-0.2, -0.15) is 0 Å². The summed E-state index contributed by atoms with van der Waals surface area (Å²) in [6.07, 6.45) is 2.69. The summed E-state index contributed by atoms with van der Waals surface area (Å²) in [7, 11) is 0. The number of para-hydroxylation sites is 1. The van der Waals surface area contributed by atoms with Gasteiger partial charge in [0.1, 0.15) is 4.32 Å². The molecule has 0 unspecified atom stereocenters. The second-order valence-electron chi connectivity index (χ2n) is 6.39. The Hall–Kier alpha value is -2.64. The molecule has 0 atom stereocenters. The van der Waals surface area contributed by atoms with Crippen LogP contribution in [0.25, 0.3) is 6.08 Å². The molecule has 0 aromatic heterocycles. The molecule has 0 radical (unpaired) electrons. The van der Waals surface area contributed by atoms with Crippen molar-refractivity contribution in [1.82, 2.24) is 10.3 Å². The number of carbonyl (C=O) groups is 2. The number of nitrogens with one attached hydrogen (secondary N) is 2. The van der Waals surface area contributed by atoms with E-state index in [2.05, 4.69) is 10.9 Å². The number of rotatable bonds is 7. The lowest BCUT2D eigenvalue weighted by Gasteiger charge is -2.14. The SMILES string of the molecule is Cc1ccc(/C=C2\SC(=S)N(CCCC(=O)NNc3ccccc3)C2=O)cc1. The molecule has 0 aliphatic carbocycles. The first kappa shape index (κ1) is 20.1. The topological polar surface area (TPSA) is 61.4 Å². The van der Waals surface area contributed by atoms with Crippen LogP contribution >= 0.6 is 24.0 Å². The Bertz CT molecular complexity index is 896. The summed E-state index contributed by atoms with van der Waals surface area (Å²) in [5.41, 5.74) is 8.47. The van der Waals surface area contributed by atoms with Gasteiger partial charge in [0.2, 0.25) is 5.91 Å². The number of hydrazine groups is 1. The van der Waals surface area contributed by atoms with Crippen molar-refractivity contribution in [3.63, 3.8) is 0 Å². The molecule has 1 saturated heterocycles. The minimum Gasteiger partial charge on any atom is -0.299 e. The minimum atomic E-state index is -0.135. The van der Waals surface area contributed by atoms with E-state index in [1.807, 2.05) is 67.6 Å². The van der Waals surface area contributed by atoms with Crippen LogP contribution < -0.4 is 10.9 Å². The van der Waals surface area contributed by atoms with Gasteiger partial charge in [-0.05, 0) is 37.1 Å². The molecule has 7 heteroatoms. The summed E-state index contributed by atoms with van der Waals surface area (Å²) in [6.45, 7) is 2.45. The van der Waals surface area contributed by atoms with Crippen molar-refractivity contribution in [3.05, 3.63) is 70.6 Å². The van der Waals surface area contributed by atoms with Crippen LogP contribution in [0.2, 0.25) is 0 Å². The van der Waals surface area contributed by atoms with E-state index in [1.54, 1.807) is 4.90 Å². The lowest BCUT2D eigenvalue weighted by Crippen LogP contribution is -2.32. The molecule has 2 aromatic rings. The largest absolute Gasteiger partial charge is 0.299 e. The number of carbonyl (C=O) groups excluding carboxylic acids is 2. The standard InChI is InChI=1S/C21H21N3O2S2/c1-15-9-11-16(12-10-15)14-18-20(26)24(21(27)28-18)13-5-8-19(25)23-22-17-6-3-2-4-7-17/h2-4,6-7,9-12,14,22H,5,8,13H2,1H3,(H,23,25)/b18-14-. The summed E-state index contributed by atoms with van der Waals surface area (Å²) < 4.78 is 0.534. The quantitative estimate of drug-likeness (QED) is 0.408. The smallest absolute Gasteiger partial charge is 0.266 e. The summed E-state index contributed by atoms with van der Waals surface area (Å²) in [4.78, 5) is 26.8. The number of anilines is 1. The van der Waals surface area contributed by atoms with Crippen molar-refractivity contribution in [3.8, 4) is 0 Å². The van der Waals surface area contributed by atoms with Gasteiger partial charge in [0.15, 0.2) is 0 Å². The van der Waals surface area contributed by atoms with Gasteiger partial charge in [-0.3, -0.25) is 25.3 Å². The van der Waals surface area contributed by atoms with Crippen LogP contribution in [0.15, 0.2) is 59.5 Å². The molecule has 0 spiro atoms. The first-order valence-electron chi connectivity index (χ1n) is 8.95. The van der Waals surface area contributed by atoms with Crippen molar-refractivity contribution in [2.75, 3.05) is 12.0 Å². The van der Waals surface area contributed by atoms with E-state index < -0.39 is 0 Å². The third kappa shape index (κ3) is 5.43. The average Bonchev–Trinajstić information content (AvgIpc) is 2.96. The molecule has 2 aromatic carbocycles. The van der Waals surface area contributed by atoms with Gasteiger partial charge in [-0.25, -0.2) is 0 Å². The fourth-order valence-corrected chi connectivity index (χ4v) is 3.94. The summed E-state index contributed by atoms with van der Waals surface area (Å²) in [6, 6.07) is 17.4. The van der Waals surface area contributed by atoms with E-state index in [1.165, 1.54) is 17.3 Å². The Kier molecular flexibility index (Phi) is 6.84. The predicted octanol–water partition coefficient (Wildman–Crippen LogP) is 4.12. The fourth-order valence-electron chi connectivity index (χ4n) is 2.63. The maximum atomic E-state index is 12.6. The maximum Gasteiger partial charge on any atom is 0.266 e. The highest BCUT2D eigenvalue weighted by molar-refractivity contribution is 8.26. The van der Waals surface area contributed by atoms with Gasteiger partial charge in [-0.1, -0.05) is 72.0 Å². The van der Waals surface area contributed by atoms with Crippen molar-refractivity contribution in [1.29, 1.82) is 0 Å². The van der Waals surface area contributed by atoms with Gasteiger partial charge in [0.05, 0.1) is 10.6 Å². The predicted molar refractivity (Wildman–Crippen MR) is 118 cm³/mol. The van der Waals surface area contributed by atoms with E-state index in [0.717, 1.165) is 11.3 Å². The summed E-state index contributed by atoms with van der Waals surface area (Å²) in [5.74, 6) is -0.233. The maximum absolute atomic E-state index is 12.6. The minimum absolute atomic E-state index is 0.0987. The first-order valence-corrected chi connectivity index (χ1v) is 10.2. The van der Waals surface area contributed by atoms with Gasteiger partial charge in [0, 0.05) is 13.0 Å². The lowest BCUT2D eigenvalue weighted by atomic mass is 10.1. The van der Waals surface area contributed by atoms with E-state index in [-0.39, 0.29) is 11.8 Å². The number of amides is 2. The van der Waals surface area contributed by atoms with Crippen LogP contribution in [0.5, 0.6) is 0 Å². The highest BCUT2D eigenvalue weighted by Crippen LogP contribution is 2.32. The number of aryl methyl sites for hydroxylation is 1. The van der Waals surface area contributed by atoms with Gasteiger partial charge >= 0.3 is 0 Å². The Morgan fingerprint density at radius 2 is 1.86 bits per heavy atom. The third-order valence-corrected chi connectivity index (χ3v) is 5.53. The molecule has 1 heterocycles. The van der Waals surface area contributed by atoms with Crippen molar-refractivity contribution < 1.29 is 9.59 Å². The summed E-state index contributed by atoms with van der Waals surface area (Å²) in [5, 5.41) is 0. The zero-order valence-electron chi connectivity index (χ0n) is 15.5. The van der Waals surface area contributed by atoms with Crippen LogP contribution in [0.3, 0.4) is 0 Å². The molecule has 0 bridgehead atoms. The van der Waals surface area contributed by atoms with Crippen molar-refractivity contribution in [2.45, 2.75) is 19.8 Å². The molecule has 1 aliphatic heterocycles. The molecule has 3 rings (SSSR count). The summed E-state index contributed by atoms with van der Waals surface area (Å²) >= 11 is 6.64. The lowest BCUT2D eigenvalue weighted by molar-refractivity contribution is -0.123. The molecule has 1 aliphatic rings. The number of nitrogens with zero attached hydrogens (tertiary/aromatic N) is 1. The van der Waals surface area contributed by atoms with Crippen LogP contribution in [-0.2, 0) is 9.59 Å². The monoisotopic (exact) mass is 411 g/mol. The number of thioether (sulfide) groups is 1. The molecule has 0 saturated carbocycles. The number of hydrogen-bond donors (Lipinski definition) is 2. The van der Waals surface area contributed by atoms with Crippen LogP contribution in [0, 0.1) is 6.92 Å². The Morgan fingerprint density at radius 3 is 2.57 bits per heavy atom. The number of benzene rings is 2. The molecule has 1 fully saturated rings. The zero-order valence-corrected chi connectivity index (χ0v) is 17.1. The molecular formula is C21H21N3O2S2. The molecular weight excluding hydrogens is 390 g/mol. The number of hydrogen-bond acceptors (Lipinski definition) is 5. The Morgan fingerprint density at radius 1 is 1.14 bits per heavy atom. The normalized spacial score (nSPS) is 15.2. The number of thiocarbonyl (C=S) groups is 1. The first-order chi connectivity index (χ1) is 13.5. The Balaban J connectivity index is 1.48. The zero-order chi connectivity index (χ0) is 19.9. The Labute approximate surface area is 174 Å². The van der Waals surface area contributed by atoms with E-state index in [4.69, 9.17) is 12.2 Å². The third-order valence-electron chi connectivity index (χ3n) is 4.15. The molecule has 144 valence electrons. The fraction of sp³-hybridized carbons (Fsp3) is 0.190. The van der Waals surface area contributed by atoms with Crippen molar-refractivity contribution >= 4 is 51.9 Å². The second kappa shape index (κ2) is 9.52. The van der Waals surface area contributed by atoms with Crippen LogP contribution in [0.1, 0.15) is 24.0 Å². The molecule has 5 nitrogen and oxygen atoms in total. The van der Waals surface area contributed by atoms with Gasteiger partial charge in [0.25, 0.3) is 5.91 Å². The van der Waals surface area contributed by atoms with E-state index in [9.17, 15) is 9.59 Å². The van der Waals surface area contributed by atoms with Crippen molar-refractivity contribution in [2.24, 2.45) is 0 Å². The van der Waals surface area contributed by atoms with Crippen LogP contribution in [-0.4, -0.2) is 27.6 Å². The molecule has 2 amide bonds. The van der Waals surface area contributed by atoms with Gasteiger partial charge < -0.3 is 0 Å². The second-order valence-corrected chi connectivity index (χ2v) is 8.06.